The quantitative estimate of drug-likeness (QED) is 0.788. The summed E-state index contributed by atoms with van der Waals surface area (Å²) in [6.45, 7) is 2.09. The molecular formula is C17H24N6. The third-order valence-corrected chi connectivity index (χ3v) is 4.17. The first-order chi connectivity index (χ1) is 11.3. The van der Waals surface area contributed by atoms with Crippen molar-refractivity contribution in [3.63, 3.8) is 0 Å². The Morgan fingerprint density at radius 1 is 1.17 bits per heavy atom. The molecule has 1 aliphatic rings. The smallest absolute Gasteiger partial charge is 0.224 e. The first-order valence-electron chi connectivity index (χ1n) is 8.09. The number of hydrogen-bond acceptors (Lipinski definition) is 6. The van der Waals surface area contributed by atoms with Crippen molar-refractivity contribution in [2.24, 2.45) is 0 Å². The van der Waals surface area contributed by atoms with Gasteiger partial charge >= 0.3 is 0 Å². The normalized spacial score (nSPS) is 15.2. The molecule has 0 radical (unpaired) electrons. The highest BCUT2D eigenvalue weighted by Crippen LogP contribution is 2.29. The fourth-order valence-corrected chi connectivity index (χ4v) is 2.80. The Kier molecular flexibility index (Phi) is 4.92. The SMILES string of the molecule is CNc1cnc(NC2CCNCC2)nc1N(C)c1ccccc1. The number of nitrogens with zero attached hydrogens (tertiary/aromatic N) is 3. The number of piperidine rings is 1. The van der Waals surface area contributed by atoms with Crippen molar-refractivity contribution in [3.8, 4) is 0 Å². The molecule has 122 valence electrons. The molecule has 6 heteroatoms. The second-order valence-electron chi connectivity index (χ2n) is 5.74. The molecule has 0 spiro atoms. The minimum atomic E-state index is 0.437. The van der Waals surface area contributed by atoms with E-state index < -0.39 is 0 Å². The summed E-state index contributed by atoms with van der Waals surface area (Å²) >= 11 is 0. The molecule has 0 bridgehead atoms. The topological polar surface area (TPSA) is 65.1 Å². The molecule has 1 saturated heterocycles. The van der Waals surface area contributed by atoms with E-state index in [0.29, 0.717) is 12.0 Å². The van der Waals surface area contributed by atoms with Gasteiger partial charge in [-0.25, -0.2) is 4.98 Å². The van der Waals surface area contributed by atoms with Crippen molar-refractivity contribution in [1.82, 2.24) is 15.3 Å². The Bertz CT molecular complexity index is 624. The summed E-state index contributed by atoms with van der Waals surface area (Å²) in [6.07, 6.45) is 4.03. The average Bonchev–Trinajstić information content (AvgIpc) is 2.62. The number of hydrogen-bond donors (Lipinski definition) is 3. The van der Waals surface area contributed by atoms with Gasteiger partial charge in [0.1, 0.15) is 0 Å². The van der Waals surface area contributed by atoms with E-state index in [1.165, 1.54) is 0 Å². The molecule has 1 aliphatic heterocycles. The van der Waals surface area contributed by atoms with Crippen LogP contribution in [0.1, 0.15) is 12.8 Å². The van der Waals surface area contributed by atoms with E-state index >= 15 is 0 Å². The number of para-hydroxylation sites is 1. The lowest BCUT2D eigenvalue weighted by Gasteiger charge is -2.25. The fourth-order valence-electron chi connectivity index (χ4n) is 2.80. The standard InChI is InChI=1S/C17H24N6/c1-18-15-12-20-17(21-13-8-10-19-11-9-13)22-16(15)23(2)14-6-4-3-5-7-14/h3-7,12-13,18-19H,8-11H2,1-2H3,(H,20,21,22). The Morgan fingerprint density at radius 2 is 1.91 bits per heavy atom. The number of nitrogens with one attached hydrogen (secondary N) is 3. The first-order valence-corrected chi connectivity index (χ1v) is 8.09. The molecule has 0 saturated carbocycles. The van der Waals surface area contributed by atoms with Crippen LogP contribution < -0.4 is 20.9 Å². The fraction of sp³-hybridized carbons (Fsp3) is 0.412. The lowest BCUT2D eigenvalue weighted by atomic mass is 10.1. The highest BCUT2D eigenvalue weighted by molar-refractivity contribution is 5.72. The number of anilines is 4. The van der Waals surface area contributed by atoms with E-state index in [0.717, 1.165) is 43.1 Å². The highest BCUT2D eigenvalue weighted by atomic mass is 15.2. The Morgan fingerprint density at radius 3 is 2.61 bits per heavy atom. The molecule has 0 atom stereocenters. The van der Waals surface area contributed by atoms with Crippen molar-refractivity contribution in [2.75, 3.05) is 42.7 Å². The lowest BCUT2D eigenvalue weighted by Crippen LogP contribution is -2.35. The molecule has 6 nitrogen and oxygen atoms in total. The second kappa shape index (κ2) is 7.28. The molecule has 3 N–H and O–H groups in total. The first kappa shape index (κ1) is 15.6. The van der Waals surface area contributed by atoms with Crippen molar-refractivity contribution < 1.29 is 0 Å². The summed E-state index contributed by atoms with van der Waals surface area (Å²) < 4.78 is 0. The lowest BCUT2D eigenvalue weighted by molar-refractivity contribution is 0.477. The van der Waals surface area contributed by atoms with E-state index in [1.807, 2.05) is 38.5 Å². The third kappa shape index (κ3) is 3.71. The molecule has 2 heterocycles. The van der Waals surface area contributed by atoms with Crippen LogP contribution >= 0.6 is 0 Å². The Hall–Kier alpha value is -2.34. The molecule has 2 aromatic rings. The van der Waals surface area contributed by atoms with Gasteiger partial charge in [0.2, 0.25) is 5.95 Å². The van der Waals surface area contributed by atoms with Gasteiger partial charge in [-0.05, 0) is 38.1 Å². The van der Waals surface area contributed by atoms with Gasteiger partial charge in [-0.15, -0.1) is 0 Å². The van der Waals surface area contributed by atoms with E-state index in [9.17, 15) is 0 Å². The van der Waals surface area contributed by atoms with Crippen LogP contribution in [0.25, 0.3) is 0 Å². The van der Waals surface area contributed by atoms with Gasteiger partial charge in [0, 0.05) is 25.8 Å². The third-order valence-electron chi connectivity index (χ3n) is 4.17. The molecule has 1 aromatic carbocycles. The average molecular weight is 312 g/mol. The summed E-state index contributed by atoms with van der Waals surface area (Å²) in [5, 5.41) is 10.0. The van der Waals surface area contributed by atoms with Gasteiger partial charge in [-0.3, -0.25) is 0 Å². The minimum absolute atomic E-state index is 0.437. The van der Waals surface area contributed by atoms with Gasteiger partial charge in [0.05, 0.1) is 11.9 Å². The predicted molar refractivity (Wildman–Crippen MR) is 95.6 cm³/mol. The molecule has 0 aliphatic carbocycles. The molecule has 1 fully saturated rings. The van der Waals surface area contributed by atoms with E-state index in [4.69, 9.17) is 4.98 Å². The summed E-state index contributed by atoms with van der Waals surface area (Å²) in [7, 11) is 3.91. The van der Waals surface area contributed by atoms with Crippen molar-refractivity contribution in [3.05, 3.63) is 36.5 Å². The van der Waals surface area contributed by atoms with Crippen LogP contribution in [0.3, 0.4) is 0 Å². The number of rotatable bonds is 5. The van der Waals surface area contributed by atoms with Gasteiger partial charge < -0.3 is 20.9 Å². The number of benzene rings is 1. The van der Waals surface area contributed by atoms with Gasteiger partial charge in [0.15, 0.2) is 5.82 Å². The van der Waals surface area contributed by atoms with E-state index in [1.54, 1.807) is 0 Å². The molecule has 23 heavy (non-hydrogen) atoms. The van der Waals surface area contributed by atoms with E-state index in [-0.39, 0.29) is 0 Å². The Labute approximate surface area is 137 Å². The highest BCUT2D eigenvalue weighted by Gasteiger charge is 2.16. The zero-order valence-corrected chi connectivity index (χ0v) is 13.7. The van der Waals surface area contributed by atoms with Crippen LogP contribution in [0, 0.1) is 0 Å². The van der Waals surface area contributed by atoms with Gasteiger partial charge in [0.25, 0.3) is 0 Å². The largest absolute Gasteiger partial charge is 0.384 e. The Balaban J connectivity index is 1.84. The summed E-state index contributed by atoms with van der Waals surface area (Å²) in [5.41, 5.74) is 2.00. The molecule has 1 aromatic heterocycles. The maximum absolute atomic E-state index is 4.73. The van der Waals surface area contributed by atoms with Crippen LogP contribution in [-0.4, -0.2) is 43.2 Å². The molecule has 0 amide bonds. The van der Waals surface area contributed by atoms with Crippen LogP contribution in [0.5, 0.6) is 0 Å². The maximum atomic E-state index is 4.73. The van der Waals surface area contributed by atoms with Crippen LogP contribution in [0.4, 0.5) is 23.1 Å². The van der Waals surface area contributed by atoms with Crippen molar-refractivity contribution >= 4 is 23.1 Å². The van der Waals surface area contributed by atoms with Gasteiger partial charge in [-0.2, -0.15) is 4.98 Å². The molecule has 3 rings (SSSR count). The zero-order chi connectivity index (χ0) is 16.1. The monoisotopic (exact) mass is 312 g/mol. The van der Waals surface area contributed by atoms with Crippen LogP contribution in [-0.2, 0) is 0 Å². The van der Waals surface area contributed by atoms with Crippen molar-refractivity contribution in [1.29, 1.82) is 0 Å². The maximum Gasteiger partial charge on any atom is 0.224 e. The zero-order valence-electron chi connectivity index (χ0n) is 13.7. The summed E-state index contributed by atoms with van der Waals surface area (Å²) in [4.78, 5) is 11.3. The van der Waals surface area contributed by atoms with Gasteiger partial charge in [-0.1, -0.05) is 18.2 Å². The summed E-state index contributed by atoms with van der Waals surface area (Å²) in [6, 6.07) is 10.6. The molecular weight excluding hydrogens is 288 g/mol. The van der Waals surface area contributed by atoms with E-state index in [2.05, 4.69) is 38.0 Å². The molecule has 0 unspecified atom stereocenters. The number of aromatic nitrogens is 2. The predicted octanol–water partition coefficient (Wildman–Crippen LogP) is 2.45. The minimum Gasteiger partial charge on any atom is -0.384 e. The van der Waals surface area contributed by atoms with Crippen LogP contribution in [0.2, 0.25) is 0 Å². The second-order valence-corrected chi connectivity index (χ2v) is 5.74. The van der Waals surface area contributed by atoms with Crippen LogP contribution in [0.15, 0.2) is 36.5 Å². The van der Waals surface area contributed by atoms with Crippen molar-refractivity contribution in [2.45, 2.75) is 18.9 Å². The summed E-state index contributed by atoms with van der Waals surface area (Å²) in [5.74, 6) is 1.55.